The molecule has 0 aliphatic heterocycles. The quantitative estimate of drug-likeness (QED) is 0.750. The van der Waals surface area contributed by atoms with Gasteiger partial charge in [0.2, 0.25) is 0 Å². The van der Waals surface area contributed by atoms with Crippen molar-refractivity contribution in [1.29, 1.82) is 0 Å². The van der Waals surface area contributed by atoms with Crippen molar-refractivity contribution in [2.24, 2.45) is 5.73 Å². The van der Waals surface area contributed by atoms with Crippen LogP contribution in [-0.4, -0.2) is 5.78 Å². The number of carbonyl (C=O) groups excluding carboxylic acids is 1. The fourth-order valence-corrected chi connectivity index (χ4v) is 1.69. The predicted molar refractivity (Wildman–Crippen MR) is 47.3 cm³/mol. The van der Waals surface area contributed by atoms with Gasteiger partial charge in [0.25, 0.3) is 6.43 Å². The number of Topliss-reactive ketones (excluding diaryl/α,β-unsaturated/α-hetero) is 1. The highest BCUT2D eigenvalue weighted by Gasteiger charge is 2.27. The first-order valence-electron chi connectivity index (χ1n) is 4.30. The Hall–Kier alpha value is -1.29. The maximum Gasteiger partial charge on any atom is 0.263 e. The van der Waals surface area contributed by atoms with Crippen molar-refractivity contribution in [3.63, 3.8) is 0 Å². The summed E-state index contributed by atoms with van der Waals surface area (Å²) in [5, 5.41) is 0. The number of alkyl halides is 2. The molecule has 4 heteroatoms. The molecular formula is C10H9F2NO. The summed E-state index contributed by atoms with van der Waals surface area (Å²) < 4.78 is 24.6. The van der Waals surface area contributed by atoms with Crippen molar-refractivity contribution in [2.45, 2.75) is 18.9 Å². The predicted octanol–water partition coefficient (Wildman–Crippen LogP) is 2.21. The smallest absolute Gasteiger partial charge is 0.263 e. The highest BCUT2D eigenvalue weighted by atomic mass is 19.3. The van der Waals surface area contributed by atoms with Gasteiger partial charge in [0.05, 0.1) is 0 Å². The lowest BCUT2D eigenvalue weighted by Crippen LogP contribution is -2.05. The summed E-state index contributed by atoms with van der Waals surface area (Å²) in [7, 11) is 0. The second-order valence-corrected chi connectivity index (χ2v) is 3.38. The minimum absolute atomic E-state index is 0.119. The summed E-state index contributed by atoms with van der Waals surface area (Å²) in [5.41, 5.74) is 6.57. The van der Waals surface area contributed by atoms with Crippen LogP contribution in [0.4, 0.5) is 8.78 Å². The van der Waals surface area contributed by atoms with E-state index in [9.17, 15) is 13.6 Å². The third kappa shape index (κ3) is 1.32. The Kier molecular flexibility index (Phi) is 2.07. The molecule has 0 heterocycles. The fraction of sp³-hybridized carbons (Fsp3) is 0.300. The molecule has 0 unspecified atom stereocenters. The van der Waals surface area contributed by atoms with E-state index in [4.69, 9.17) is 5.73 Å². The number of benzene rings is 1. The molecule has 0 bridgehead atoms. The molecule has 0 saturated carbocycles. The van der Waals surface area contributed by atoms with Crippen LogP contribution in [0.2, 0.25) is 0 Å². The summed E-state index contributed by atoms with van der Waals surface area (Å²) in [5.74, 6) is -0.144. The second-order valence-electron chi connectivity index (χ2n) is 3.38. The molecule has 1 aromatic rings. The van der Waals surface area contributed by atoms with Gasteiger partial charge in [-0.25, -0.2) is 8.78 Å². The normalized spacial score (nSPS) is 20.3. The molecule has 0 radical (unpaired) electrons. The molecule has 0 fully saturated rings. The van der Waals surface area contributed by atoms with E-state index in [0.29, 0.717) is 11.1 Å². The molecule has 0 spiro atoms. The van der Waals surface area contributed by atoms with Crippen LogP contribution in [0.15, 0.2) is 18.2 Å². The maximum atomic E-state index is 12.3. The number of fused-ring (bicyclic) bond motifs is 1. The Morgan fingerprint density at radius 2 is 2.14 bits per heavy atom. The summed E-state index contributed by atoms with van der Waals surface area (Å²) in [4.78, 5) is 11.3. The Bertz CT molecular complexity index is 390. The maximum absolute atomic E-state index is 12.3. The van der Waals surface area contributed by atoms with Crippen LogP contribution in [-0.2, 0) is 0 Å². The first kappa shape index (κ1) is 9.27. The first-order chi connectivity index (χ1) is 6.59. The van der Waals surface area contributed by atoms with Gasteiger partial charge in [0.15, 0.2) is 5.78 Å². The number of hydrogen-bond donors (Lipinski definition) is 1. The van der Waals surface area contributed by atoms with E-state index in [1.165, 1.54) is 18.2 Å². The van der Waals surface area contributed by atoms with Crippen molar-refractivity contribution in [3.8, 4) is 0 Å². The number of carbonyl (C=O) groups is 1. The van der Waals surface area contributed by atoms with Gasteiger partial charge >= 0.3 is 0 Å². The Morgan fingerprint density at radius 3 is 2.79 bits per heavy atom. The average molecular weight is 197 g/mol. The first-order valence-corrected chi connectivity index (χ1v) is 4.30. The van der Waals surface area contributed by atoms with Crippen molar-refractivity contribution >= 4 is 5.78 Å². The number of halogens is 2. The van der Waals surface area contributed by atoms with Gasteiger partial charge < -0.3 is 5.73 Å². The van der Waals surface area contributed by atoms with E-state index >= 15 is 0 Å². The van der Waals surface area contributed by atoms with Gasteiger partial charge in [-0.1, -0.05) is 12.1 Å². The average Bonchev–Trinajstić information content (AvgIpc) is 2.42. The van der Waals surface area contributed by atoms with Gasteiger partial charge in [0.1, 0.15) is 0 Å². The SMILES string of the molecule is N[C@H]1CC(=O)c2cc(C(F)F)ccc21. The third-order valence-electron chi connectivity index (χ3n) is 2.43. The van der Waals surface area contributed by atoms with E-state index in [-0.39, 0.29) is 23.8 Å². The molecule has 14 heavy (non-hydrogen) atoms. The summed E-state index contributed by atoms with van der Waals surface area (Å²) >= 11 is 0. The minimum Gasteiger partial charge on any atom is -0.324 e. The highest BCUT2D eigenvalue weighted by molar-refractivity contribution is 6.01. The Balaban J connectivity index is 2.50. The van der Waals surface area contributed by atoms with Crippen molar-refractivity contribution in [1.82, 2.24) is 0 Å². The largest absolute Gasteiger partial charge is 0.324 e. The Morgan fingerprint density at radius 1 is 1.43 bits per heavy atom. The molecule has 0 amide bonds. The van der Waals surface area contributed by atoms with E-state index < -0.39 is 6.43 Å². The number of ketones is 1. The number of hydrogen-bond acceptors (Lipinski definition) is 2. The number of nitrogens with two attached hydrogens (primary N) is 1. The zero-order valence-electron chi connectivity index (χ0n) is 7.34. The summed E-state index contributed by atoms with van der Waals surface area (Å²) in [6.45, 7) is 0. The van der Waals surface area contributed by atoms with Gasteiger partial charge in [-0.3, -0.25) is 4.79 Å². The highest BCUT2D eigenvalue weighted by Crippen LogP contribution is 2.32. The zero-order valence-corrected chi connectivity index (χ0v) is 7.34. The van der Waals surface area contributed by atoms with Crippen LogP contribution >= 0.6 is 0 Å². The molecule has 74 valence electrons. The van der Waals surface area contributed by atoms with E-state index in [1.807, 2.05) is 0 Å². The third-order valence-corrected chi connectivity index (χ3v) is 2.43. The van der Waals surface area contributed by atoms with Crippen LogP contribution < -0.4 is 5.73 Å². The van der Waals surface area contributed by atoms with Gasteiger partial charge in [-0.15, -0.1) is 0 Å². The lowest BCUT2D eigenvalue weighted by Gasteiger charge is -2.05. The summed E-state index contributed by atoms with van der Waals surface area (Å²) in [6, 6.07) is 3.76. The van der Waals surface area contributed by atoms with Crippen LogP contribution in [0.1, 0.15) is 40.4 Å². The van der Waals surface area contributed by atoms with Crippen LogP contribution in [0.5, 0.6) is 0 Å². The van der Waals surface area contributed by atoms with E-state index in [0.717, 1.165) is 0 Å². The van der Waals surface area contributed by atoms with Crippen molar-refractivity contribution in [2.75, 3.05) is 0 Å². The molecule has 1 aliphatic carbocycles. The van der Waals surface area contributed by atoms with Crippen molar-refractivity contribution in [3.05, 3.63) is 34.9 Å². The molecule has 1 aromatic carbocycles. The molecule has 0 saturated heterocycles. The van der Waals surface area contributed by atoms with Crippen LogP contribution in [0.25, 0.3) is 0 Å². The van der Waals surface area contributed by atoms with Crippen molar-refractivity contribution < 1.29 is 13.6 Å². The monoisotopic (exact) mass is 197 g/mol. The molecule has 1 aliphatic rings. The zero-order chi connectivity index (χ0) is 10.3. The molecule has 2 N–H and O–H groups in total. The lowest BCUT2D eigenvalue weighted by molar-refractivity contribution is 0.0989. The van der Waals surface area contributed by atoms with Gasteiger partial charge in [-0.2, -0.15) is 0 Å². The van der Waals surface area contributed by atoms with E-state index in [2.05, 4.69) is 0 Å². The van der Waals surface area contributed by atoms with E-state index in [1.54, 1.807) is 0 Å². The topological polar surface area (TPSA) is 43.1 Å². The molecule has 0 aromatic heterocycles. The van der Waals surface area contributed by atoms with Crippen LogP contribution in [0, 0.1) is 0 Å². The molecule has 2 nitrogen and oxygen atoms in total. The standard InChI is InChI=1S/C10H9F2NO/c11-10(12)5-1-2-6-7(3-5)9(14)4-8(6)13/h1-3,8,10H,4,13H2/t8-/m0/s1. The lowest BCUT2D eigenvalue weighted by atomic mass is 10.1. The molecule has 1 atom stereocenters. The van der Waals surface area contributed by atoms with Crippen LogP contribution in [0.3, 0.4) is 0 Å². The summed E-state index contributed by atoms with van der Waals surface area (Å²) in [6.07, 6.45) is -2.31. The molecular weight excluding hydrogens is 188 g/mol. The second kappa shape index (κ2) is 3.13. The molecule has 2 rings (SSSR count). The minimum atomic E-state index is -2.54. The van der Waals surface area contributed by atoms with Gasteiger partial charge in [-0.05, 0) is 11.6 Å². The van der Waals surface area contributed by atoms with Gasteiger partial charge in [0, 0.05) is 23.6 Å². The Labute approximate surface area is 79.7 Å². The number of rotatable bonds is 1. The fourth-order valence-electron chi connectivity index (χ4n) is 1.69.